The molecule has 1 aromatic carbocycles. The standard InChI is InChI=1S/C16H19ClN2/c1-11-6-12(2)8-13(7-11)9-16(18-3)15-5-4-14(17)10-19-15/h4-8,10,16,18H,9H2,1-3H3. The monoisotopic (exact) mass is 274 g/mol. The lowest BCUT2D eigenvalue weighted by molar-refractivity contribution is 0.575. The van der Waals surface area contributed by atoms with Gasteiger partial charge in [0.1, 0.15) is 0 Å². The normalized spacial score (nSPS) is 12.4. The van der Waals surface area contributed by atoms with Gasteiger partial charge in [-0.05, 0) is 45.0 Å². The molecule has 1 unspecified atom stereocenters. The lowest BCUT2D eigenvalue weighted by atomic mass is 9.99. The van der Waals surface area contributed by atoms with Crippen LogP contribution in [0.1, 0.15) is 28.4 Å². The zero-order valence-corrected chi connectivity index (χ0v) is 12.3. The summed E-state index contributed by atoms with van der Waals surface area (Å²) < 4.78 is 0. The first-order valence-electron chi connectivity index (χ1n) is 6.44. The molecule has 0 amide bonds. The highest BCUT2D eigenvalue weighted by molar-refractivity contribution is 6.30. The highest BCUT2D eigenvalue weighted by atomic mass is 35.5. The van der Waals surface area contributed by atoms with E-state index in [4.69, 9.17) is 11.6 Å². The Morgan fingerprint density at radius 2 is 1.84 bits per heavy atom. The molecule has 0 fully saturated rings. The largest absolute Gasteiger partial charge is 0.311 e. The number of nitrogens with one attached hydrogen (secondary N) is 1. The zero-order chi connectivity index (χ0) is 13.8. The molecule has 1 atom stereocenters. The van der Waals surface area contributed by atoms with E-state index in [1.165, 1.54) is 16.7 Å². The van der Waals surface area contributed by atoms with Crippen LogP contribution in [0.4, 0.5) is 0 Å². The minimum atomic E-state index is 0.207. The van der Waals surface area contributed by atoms with Gasteiger partial charge in [-0.25, -0.2) is 0 Å². The molecule has 2 nitrogen and oxygen atoms in total. The van der Waals surface area contributed by atoms with E-state index in [9.17, 15) is 0 Å². The summed E-state index contributed by atoms with van der Waals surface area (Å²) in [6.45, 7) is 4.26. The molecule has 0 aliphatic rings. The first-order valence-corrected chi connectivity index (χ1v) is 6.82. The van der Waals surface area contributed by atoms with Crippen molar-refractivity contribution in [2.24, 2.45) is 0 Å². The highest BCUT2D eigenvalue weighted by Crippen LogP contribution is 2.19. The van der Waals surface area contributed by atoms with E-state index in [2.05, 4.69) is 42.3 Å². The predicted octanol–water partition coefficient (Wildman–Crippen LogP) is 3.86. The second-order valence-corrected chi connectivity index (χ2v) is 5.38. The summed E-state index contributed by atoms with van der Waals surface area (Å²) in [5.41, 5.74) is 4.95. The Labute approximate surface area is 119 Å². The van der Waals surface area contributed by atoms with Gasteiger partial charge >= 0.3 is 0 Å². The van der Waals surface area contributed by atoms with Crippen molar-refractivity contribution >= 4 is 11.6 Å². The van der Waals surface area contributed by atoms with Gasteiger partial charge in [0, 0.05) is 6.20 Å². The number of benzene rings is 1. The van der Waals surface area contributed by atoms with Crippen LogP contribution >= 0.6 is 11.6 Å². The maximum atomic E-state index is 5.88. The third-order valence-corrected chi connectivity index (χ3v) is 3.40. The first-order chi connectivity index (χ1) is 9.08. The quantitative estimate of drug-likeness (QED) is 0.916. The van der Waals surface area contributed by atoms with Gasteiger partial charge < -0.3 is 5.32 Å². The lowest BCUT2D eigenvalue weighted by Gasteiger charge is -2.16. The van der Waals surface area contributed by atoms with Crippen LogP contribution in [0.25, 0.3) is 0 Å². The Hall–Kier alpha value is -1.38. The van der Waals surface area contributed by atoms with Gasteiger partial charge in [-0.1, -0.05) is 40.9 Å². The summed E-state index contributed by atoms with van der Waals surface area (Å²) >= 11 is 5.88. The smallest absolute Gasteiger partial charge is 0.0589 e. The van der Waals surface area contributed by atoms with Gasteiger partial charge in [0.2, 0.25) is 0 Å². The summed E-state index contributed by atoms with van der Waals surface area (Å²) in [5.74, 6) is 0. The molecule has 0 saturated heterocycles. The number of nitrogens with zero attached hydrogens (tertiary/aromatic N) is 1. The number of rotatable bonds is 4. The van der Waals surface area contributed by atoms with E-state index in [1.807, 2.05) is 19.2 Å². The molecule has 1 heterocycles. The number of likely N-dealkylation sites (N-methyl/N-ethyl adjacent to an activating group) is 1. The molecular weight excluding hydrogens is 256 g/mol. The number of aryl methyl sites for hydroxylation is 2. The fraction of sp³-hybridized carbons (Fsp3) is 0.312. The van der Waals surface area contributed by atoms with E-state index >= 15 is 0 Å². The Morgan fingerprint density at radius 3 is 2.37 bits per heavy atom. The van der Waals surface area contributed by atoms with Crippen LogP contribution in [-0.2, 0) is 6.42 Å². The van der Waals surface area contributed by atoms with E-state index in [0.29, 0.717) is 5.02 Å². The van der Waals surface area contributed by atoms with Crippen LogP contribution in [0.5, 0.6) is 0 Å². The zero-order valence-electron chi connectivity index (χ0n) is 11.6. The molecule has 0 spiro atoms. The number of hydrogen-bond donors (Lipinski definition) is 1. The van der Waals surface area contributed by atoms with Crippen molar-refractivity contribution in [3.63, 3.8) is 0 Å². The van der Waals surface area contributed by atoms with Crippen LogP contribution in [-0.4, -0.2) is 12.0 Å². The predicted molar refractivity (Wildman–Crippen MR) is 80.7 cm³/mol. The number of aromatic nitrogens is 1. The SMILES string of the molecule is CNC(Cc1cc(C)cc(C)c1)c1ccc(Cl)cn1. The maximum Gasteiger partial charge on any atom is 0.0589 e. The molecule has 1 aromatic heterocycles. The van der Waals surface area contributed by atoms with E-state index in [-0.39, 0.29) is 6.04 Å². The van der Waals surface area contributed by atoms with E-state index in [1.54, 1.807) is 6.20 Å². The topological polar surface area (TPSA) is 24.9 Å². The Kier molecular flexibility index (Phi) is 4.56. The van der Waals surface area contributed by atoms with E-state index < -0.39 is 0 Å². The fourth-order valence-corrected chi connectivity index (χ4v) is 2.48. The summed E-state index contributed by atoms with van der Waals surface area (Å²) in [7, 11) is 1.96. The summed E-state index contributed by atoms with van der Waals surface area (Å²) in [6, 6.07) is 10.7. The third kappa shape index (κ3) is 3.79. The van der Waals surface area contributed by atoms with Crippen LogP contribution in [0.15, 0.2) is 36.5 Å². The van der Waals surface area contributed by atoms with Crippen LogP contribution in [0.2, 0.25) is 5.02 Å². The van der Waals surface area contributed by atoms with Crippen molar-refractivity contribution in [3.8, 4) is 0 Å². The van der Waals surface area contributed by atoms with Crippen molar-refractivity contribution in [2.45, 2.75) is 26.3 Å². The molecule has 0 aliphatic heterocycles. The molecule has 0 bridgehead atoms. The number of halogens is 1. The van der Waals surface area contributed by atoms with Crippen molar-refractivity contribution < 1.29 is 0 Å². The van der Waals surface area contributed by atoms with Crippen molar-refractivity contribution in [3.05, 3.63) is 63.9 Å². The second kappa shape index (κ2) is 6.18. The number of pyridine rings is 1. The third-order valence-electron chi connectivity index (χ3n) is 3.18. The molecule has 0 saturated carbocycles. The van der Waals surface area contributed by atoms with Crippen molar-refractivity contribution in [1.82, 2.24) is 10.3 Å². The second-order valence-electron chi connectivity index (χ2n) is 4.94. The Bertz CT molecular complexity index is 529. The van der Waals surface area contributed by atoms with Crippen molar-refractivity contribution in [2.75, 3.05) is 7.05 Å². The van der Waals surface area contributed by atoms with Gasteiger partial charge in [-0.15, -0.1) is 0 Å². The molecule has 2 aromatic rings. The number of hydrogen-bond acceptors (Lipinski definition) is 2. The van der Waals surface area contributed by atoms with E-state index in [0.717, 1.165) is 12.1 Å². The van der Waals surface area contributed by atoms with Crippen molar-refractivity contribution in [1.29, 1.82) is 0 Å². The van der Waals surface area contributed by atoms with Gasteiger partial charge in [0.05, 0.1) is 16.8 Å². The average molecular weight is 275 g/mol. The molecule has 1 N–H and O–H groups in total. The fourth-order valence-electron chi connectivity index (χ4n) is 2.37. The van der Waals surface area contributed by atoms with Gasteiger partial charge in [0.15, 0.2) is 0 Å². The molecule has 2 rings (SSSR count). The molecule has 19 heavy (non-hydrogen) atoms. The molecule has 0 radical (unpaired) electrons. The lowest BCUT2D eigenvalue weighted by Crippen LogP contribution is -2.20. The molecule has 100 valence electrons. The molecule has 0 aliphatic carbocycles. The molecule has 3 heteroatoms. The van der Waals surface area contributed by atoms with Gasteiger partial charge in [0.25, 0.3) is 0 Å². The summed E-state index contributed by atoms with van der Waals surface area (Å²) in [6.07, 6.45) is 2.62. The molecular formula is C16H19ClN2. The summed E-state index contributed by atoms with van der Waals surface area (Å²) in [5, 5.41) is 3.99. The van der Waals surface area contributed by atoms with Gasteiger partial charge in [-0.3, -0.25) is 4.98 Å². The minimum absolute atomic E-state index is 0.207. The maximum absolute atomic E-state index is 5.88. The van der Waals surface area contributed by atoms with Crippen LogP contribution < -0.4 is 5.32 Å². The minimum Gasteiger partial charge on any atom is -0.311 e. The highest BCUT2D eigenvalue weighted by Gasteiger charge is 2.11. The average Bonchev–Trinajstić information content (AvgIpc) is 2.36. The van der Waals surface area contributed by atoms with Gasteiger partial charge in [-0.2, -0.15) is 0 Å². The Morgan fingerprint density at radius 1 is 1.16 bits per heavy atom. The Balaban J connectivity index is 2.21. The summed E-state index contributed by atoms with van der Waals surface area (Å²) in [4.78, 5) is 4.40. The van der Waals surface area contributed by atoms with Crippen LogP contribution in [0.3, 0.4) is 0 Å². The first kappa shape index (κ1) is 14.0. The van der Waals surface area contributed by atoms with Crippen LogP contribution in [0, 0.1) is 13.8 Å².